The molecular weight excluding hydrogens is 284 g/mol. The Labute approximate surface area is 119 Å². The van der Waals surface area contributed by atoms with Crippen LogP contribution in [0.3, 0.4) is 0 Å². The highest BCUT2D eigenvalue weighted by Crippen LogP contribution is 2.24. The molecule has 2 N–H and O–H groups in total. The fraction of sp³-hybridized carbons (Fsp3) is 0.0769. The van der Waals surface area contributed by atoms with E-state index in [0.717, 1.165) is 0 Å². The van der Waals surface area contributed by atoms with Gasteiger partial charge in [0.2, 0.25) is 0 Å². The molecule has 0 aliphatic rings. The molecule has 19 heavy (non-hydrogen) atoms. The summed E-state index contributed by atoms with van der Waals surface area (Å²) < 4.78 is 0. The number of carbonyl (C=O) groups is 1. The quantitative estimate of drug-likeness (QED) is 0.674. The number of halogens is 1. The van der Waals surface area contributed by atoms with E-state index < -0.39 is 0 Å². The summed E-state index contributed by atoms with van der Waals surface area (Å²) in [5.41, 5.74) is 3.49. The van der Waals surface area contributed by atoms with E-state index in [1.54, 1.807) is 31.2 Å². The predicted molar refractivity (Wildman–Crippen MR) is 77.2 cm³/mol. The third-order valence-corrected chi connectivity index (χ3v) is 3.50. The van der Waals surface area contributed by atoms with Crippen LogP contribution in [-0.2, 0) is 0 Å². The van der Waals surface area contributed by atoms with Crippen molar-refractivity contribution in [2.24, 2.45) is 5.10 Å². The average molecular weight is 295 g/mol. The lowest BCUT2D eigenvalue weighted by molar-refractivity contribution is 0.0959. The first-order valence-corrected chi connectivity index (χ1v) is 6.69. The molecule has 0 fully saturated rings. The summed E-state index contributed by atoms with van der Waals surface area (Å²) in [6, 6.07) is 6.72. The number of benzene rings is 1. The molecule has 4 nitrogen and oxygen atoms in total. The molecule has 0 unspecified atom stereocenters. The van der Waals surface area contributed by atoms with E-state index in [1.165, 1.54) is 17.6 Å². The lowest BCUT2D eigenvalue weighted by Gasteiger charge is -2.03. The van der Waals surface area contributed by atoms with Crippen LogP contribution < -0.4 is 5.43 Å². The van der Waals surface area contributed by atoms with Gasteiger partial charge in [0.15, 0.2) is 0 Å². The van der Waals surface area contributed by atoms with Crippen LogP contribution in [0.1, 0.15) is 20.8 Å². The van der Waals surface area contributed by atoms with Crippen molar-refractivity contribution in [3.8, 4) is 5.75 Å². The summed E-state index contributed by atoms with van der Waals surface area (Å²) in [6.07, 6.45) is 1.36. The van der Waals surface area contributed by atoms with Gasteiger partial charge in [0, 0.05) is 10.6 Å². The van der Waals surface area contributed by atoms with Crippen LogP contribution in [0, 0.1) is 6.92 Å². The highest BCUT2D eigenvalue weighted by atomic mass is 35.5. The van der Waals surface area contributed by atoms with Gasteiger partial charge in [-0.15, -0.1) is 11.3 Å². The minimum absolute atomic E-state index is 0.0959. The van der Waals surface area contributed by atoms with Gasteiger partial charge in [-0.05, 0) is 36.1 Å². The Kier molecular flexibility index (Phi) is 4.19. The summed E-state index contributed by atoms with van der Waals surface area (Å²) >= 11 is 7.22. The topological polar surface area (TPSA) is 61.7 Å². The van der Waals surface area contributed by atoms with Gasteiger partial charge in [0.25, 0.3) is 5.91 Å². The molecule has 0 atom stereocenters. The number of phenolic OH excluding ortho intramolecular Hbond substituents is 1. The summed E-state index contributed by atoms with van der Waals surface area (Å²) in [5, 5.41) is 15.9. The van der Waals surface area contributed by atoms with E-state index in [-0.39, 0.29) is 11.7 Å². The SMILES string of the molecule is Cc1cc(Cl)cc(/C=N\NC(=O)c2cccs2)c1O. The number of thiophene rings is 1. The highest BCUT2D eigenvalue weighted by molar-refractivity contribution is 7.12. The third kappa shape index (κ3) is 3.33. The zero-order chi connectivity index (χ0) is 13.8. The first-order valence-electron chi connectivity index (χ1n) is 5.44. The van der Waals surface area contributed by atoms with Crippen LogP contribution in [0.25, 0.3) is 0 Å². The number of amides is 1. The molecule has 1 aromatic heterocycles. The Morgan fingerprint density at radius 1 is 1.53 bits per heavy atom. The highest BCUT2D eigenvalue weighted by Gasteiger charge is 2.06. The monoisotopic (exact) mass is 294 g/mol. The van der Waals surface area contributed by atoms with Crippen LogP contribution in [0.5, 0.6) is 5.75 Å². The average Bonchev–Trinajstić information content (AvgIpc) is 2.88. The standard InChI is InChI=1S/C13H11ClN2O2S/c1-8-5-10(14)6-9(12(8)17)7-15-16-13(18)11-3-2-4-19-11/h2-7,17H,1H3,(H,16,18)/b15-7-. The first-order chi connectivity index (χ1) is 9.08. The molecule has 0 spiro atoms. The molecule has 2 rings (SSSR count). The Balaban J connectivity index is 2.09. The number of nitrogens with one attached hydrogen (secondary N) is 1. The van der Waals surface area contributed by atoms with Crippen LogP contribution in [-0.4, -0.2) is 17.2 Å². The van der Waals surface area contributed by atoms with Gasteiger partial charge in [-0.3, -0.25) is 4.79 Å². The van der Waals surface area contributed by atoms with E-state index in [0.29, 0.717) is 21.0 Å². The first kappa shape index (κ1) is 13.6. The number of hydrazone groups is 1. The molecule has 0 saturated heterocycles. The van der Waals surface area contributed by atoms with Crippen LogP contribution in [0.2, 0.25) is 5.02 Å². The zero-order valence-corrected chi connectivity index (χ0v) is 11.6. The second kappa shape index (κ2) is 5.86. The summed E-state index contributed by atoms with van der Waals surface area (Å²) in [7, 11) is 0. The van der Waals surface area contributed by atoms with E-state index in [9.17, 15) is 9.90 Å². The third-order valence-electron chi connectivity index (χ3n) is 2.41. The van der Waals surface area contributed by atoms with Gasteiger partial charge in [-0.1, -0.05) is 17.7 Å². The van der Waals surface area contributed by atoms with Crippen molar-refractivity contribution in [3.63, 3.8) is 0 Å². The largest absolute Gasteiger partial charge is 0.507 e. The molecular formula is C13H11ClN2O2S. The fourth-order valence-electron chi connectivity index (χ4n) is 1.48. The number of phenols is 1. The second-order valence-corrected chi connectivity index (χ2v) is 5.22. The molecule has 98 valence electrons. The second-order valence-electron chi connectivity index (χ2n) is 3.84. The maximum Gasteiger partial charge on any atom is 0.281 e. The number of hydrogen-bond donors (Lipinski definition) is 2. The van der Waals surface area contributed by atoms with E-state index in [4.69, 9.17) is 11.6 Å². The van der Waals surface area contributed by atoms with Crippen molar-refractivity contribution >= 4 is 35.1 Å². The Morgan fingerprint density at radius 2 is 2.32 bits per heavy atom. The molecule has 0 aliphatic carbocycles. The summed E-state index contributed by atoms with van der Waals surface area (Å²) in [4.78, 5) is 12.2. The molecule has 0 aliphatic heterocycles. The number of nitrogens with zero attached hydrogens (tertiary/aromatic N) is 1. The van der Waals surface area contributed by atoms with Crippen molar-refractivity contribution in [3.05, 3.63) is 50.7 Å². The Bertz CT molecular complexity index is 624. The van der Waals surface area contributed by atoms with Crippen molar-refractivity contribution < 1.29 is 9.90 Å². The van der Waals surface area contributed by atoms with Crippen molar-refractivity contribution in [2.75, 3.05) is 0 Å². The molecule has 0 saturated carbocycles. The predicted octanol–water partition coefficient (Wildman–Crippen LogP) is 3.18. The van der Waals surface area contributed by atoms with Crippen LogP contribution in [0.15, 0.2) is 34.7 Å². The number of aryl methyl sites for hydroxylation is 1. The molecule has 2 aromatic rings. The molecule has 0 bridgehead atoms. The number of carbonyl (C=O) groups excluding carboxylic acids is 1. The fourth-order valence-corrected chi connectivity index (χ4v) is 2.38. The normalized spacial score (nSPS) is 10.8. The van der Waals surface area contributed by atoms with Crippen LogP contribution >= 0.6 is 22.9 Å². The molecule has 1 heterocycles. The lowest BCUT2D eigenvalue weighted by atomic mass is 10.1. The van der Waals surface area contributed by atoms with Crippen molar-refractivity contribution in [1.29, 1.82) is 0 Å². The van der Waals surface area contributed by atoms with Gasteiger partial charge in [0.05, 0.1) is 11.1 Å². The molecule has 0 radical (unpaired) electrons. The van der Waals surface area contributed by atoms with E-state index in [1.807, 2.05) is 5.38 Å². The van der Waals surface area contributed by atoms with Crippen molar-refractivity contribution in [1.82, 2.24) is 5.43 Å². The van der Waals surface area contributed by atoms with Gasteiger partial charge in [0.1, 0.15) is 5.75 Å². The smallest absolute Gasteiger partial charge is 0.281 e. The van der Waals surface area contributed by atoms with Gasteiger partial charge in [-0.2, -0.15) is 5.10 Å². The molecule has 6 heteroatoms. The van der Waals surface area contributed by atoms with Gasteiger partial charge < -0.3 is 5.11 Å². The van der Waals surface area contributed by atoms with Gasteiger partial charge in [-0.25, -0.2) is 5.43 Å². The Morgan fingerprint density at radius 3 is 3.00 bits per heavy atom. The maximum absolute atomic E-state index is 11.6. The maximum atomic E-state index is 11.6. The van der Waals surface area contributed by atoms with E-state index >= 15 is 0 Å². The molecule has 1 aromatic carbocycles. The van der Waals surface area contributed by atoms with Gasteiger partial charge >= 0.3 is 0 Å². The number of rotatable bonds is 3. The lowest BCUT2D eigenvalue weighted by Crippen LogP contribution is -2.16. The summed E-state index contributed by atoms with van der Waals surface area (Å²) in [5.74, 6) is -0.192. The zero-order valence-electron chi connectivity index (χ0n) is 10.1. The Hall–Kier alpha value is -1.85. The minimum Gasteiger partial charge on any atom is -0.507 e. The van der Waals surface area contributed by atoms with Crippen molar-refractivity contribution in [2.45, 2.75) is 6.92 Å². The number of hydrogen-bond acceptors (Lipinski definition) is 4. The molecule has 1 amide bonds. The number of aromatic hydroxyl groups is 1. The van der Waals surface area contributed by atoms with E-state index in [2.05, 4.69) is 10.5 Å². The van der Waals surface area contributed by atoms with Crippen LogP contribution in [0.4, 0.5) is 0 Å². The summed E-state index contributed by atoms with van der Waals surface area (Å²) in [6.45, 7) is 1.74. The minimum atomic E-state index is -0.288.